The molecule has 0 amide bonds. The van der Waals surface area contributed by atoms with Crippen molar-refractivity contribution in [3.8, 4) is 16.7 Å². The quantitative estimate of drug-likeness (QED) is 0.942. The van der Waals surface area contributed by atoms with Crippen LogP contribution in [0.5, 0.6) is 6.01 Å². The van der Waals surface area contributed by atoms with E-state index >= 15 is 0 Å². The number of aromatic nitrogens is 3. The van der Waals surface area contributed by atoms with Gasteiger partial charge in [0.05, 0.1) is 11.0 Å². The maximum absolute atomic E-state index is 5.64. The zero-order valence-corrected chi connectivity index (χ0v) is 11.7. The van der Waals surface area contributed by atoms with Crippen LogP contribution in [0.15, 0.2) is 15.9 Å². The molecule has 0 unspecified atom stereocenters. The molecular weight excluding hydrogens is 304 g/mol. The number of nitrogens with zero attached hydrogens (tertiary/aromatic N) is 3. The van der Waals surface area contributed by atoms with Crippen molar-refractivity contribution >= 4 is 33.2 Å². The van der Waals surface area contributed by atoms with Crippen LogP contribution in [0.3, 0.4) is 0 Å². The first kappa shape index (κ1) is 12.3. The van der Waals surface area contributed by atoms with Crippen molar-refractivity contribution < 1.29 is 4.74 Å². The van der Waals surface area contributed by atoms with E-state index in [1.165, 1.54) is 11.3 Å². The SMILES string of the molecule is CC(C)Oc1nc(N)nc(-c2sccc2Br)n1. The second-order valence-corrected chi connectivity index (χ2v) is 5.33. The molecule has 0 fully saturated rings. The highest BCUT2D eigenvalue weighted by molar-refractivity contribution is 9.10. The van der Waals surface area contributed by atoms with Crippen LogP contribution < -0.4 is 10.5 Å². The predicted molar refractivity (Wildman–Crippen MR) is 71.0 cm³/mol. The molecule has 90 valence electrons. The summed E-state index contributed by atoms with van der Waals surface area (Å²) in [6.07, 6.45) is -0.00331. The fourth-order valence-electron chi connectivity index (χ4n) is 1.19. The third-order valence-electron chi connectivity index (χ3n) is 1.79. The molecule has 0 spiro atoms. The molecule has 0 bridgehead atoms. The fourth-order valence-corrected chi connectivity index (χ4v) is 2.67. The monoisotopic (exact) mass is 314 g/mol. The Balaban J connectivity index is 2.42. The van der Waals surface area contributed by atoms with Gasteiger partial charge in [0, 0.05) is 4.47 Å². The molecule has 2 N–H and O–H groups in total. The Labute approximate surface area is 111 Å². The van der Waals surface area contributed by atoms with E-state index in [9.17, 15) is 0 Å². The van der Waals surface area contributed by atoms with Crippen molar-refractivity contribution in [2.75, 3.05) is 5.73 Å². The van der Waals surface area contributed by atoms with Gasteiger partial charge >= 0.3 is 6.01 Å². The highest BCUT2D eigenvalue weighted by Gasteiger charge is 2.12. The summed E-state index contributed by atoms with van der Waals surface area (Å²) in [5.41, 5.74) is 5.64. The lowest BCUT2D eigenvalue weighted by molar-refractivity contribution is 0.222. The number of hydrogen-bond acceptors (Lipinski definition) is 6. The number of hydrogen-bond donors (Lipinski definition) is 1. The standard InChI is InChI=1S/C10H11BrN4OS/c1-5(2)16-10-14-8(13-9(12)15-10)7-6(11)3-4-17-7/h3-5H,1-2H3,(H2,12,13,14,15). The van der Waals surface area contributed by atoms with Gasteiger partial charge in [0.1, 0.15) is 0 Å². The van der Waals surface area contributed by atoms with Gasteiger partial charge in [-0.2, -0.15) is 15.0 Å². The van der Waals surface area contributed by atoms with Gasteiger partial charge in [0.25, 0.3) is 0 Å². The molecule has 0 aliphatic carbocycles. The van der Waals surface area contributed by atoms with Crippen molar-refractivity contribution in [1.29, 1.82) is 0 Å². The molecule has 2 heterocycles. The van der Waals surface area contributed by atoms with E-state index in [1.807, 2.05) is 25.3 Å². The minimum atomic E-state index is -0.00331. The number of nitrogen functional groups attached to an aromatic ring is 1. The molecule has 2 aromatic heterocycles. The van der Waals surface area contributed by atoms with Crippen molar-refractivity contribution in [2.45, 2.75) is 20.0 Å². The molecule has 0 saturated heterocycles. The first-order valence-electron chi connectivity index (χ1n) is 4.98. The largest absolute Gasteiger partial charge is 0.461 e. The van der Waals surface area contributed by atoms with Gasteiger partial charge in [-0.15, -0.1) is 11.3 Å². The van der Waals surface area contributed by atoms with Gasteiger partial charge in [-0.1, -0.05) is 0 Å². The summed E-state index contributed by atoms with van der Waals surface area (Å²) in [5.74, 6) is 0.681. The van der Waals surface area contributed by atoms with Crippen LogP contribution in [0.2, 0.25) is 0 Å². The normalized spacial score (nSPS) is 10.8. The first-order chi connectivity index (χ1) is 8.06. The Morgan fingerprint density at radius 3 is 2.71 bits per heavy atom. The molecule has 0 aliphatic rings. The van der Waals surface area contributed by atoms with Gasteiger partial charge in [-0.05, 0) is 41.2 Å². The maximum atomic E-state index is 5.64. The van der Waals surface area contributed by atoms with Crippen molar-refractivity contribution in [3.05, 3.63) is 15.9 Å². The first-order valence-corrected chi connectivity index (χ1v) is 6.65. The second kappa shape index (κ2) is 4.97. The summed E-state index contributed by atoms with van der Waals surface area (Å²) in [4.78, 5) is 13.2. The Hall–Kier alpha value is -1.21. The molecule has 2 aromatic rings. The molecule has 0 atom stereocenters. The number of anilines is 1. The minimum absolute atomic E-state index is 0.00331. The maximum Gasteiger partial charge on any atom is 0.322 e. The number of nitrogens with two attached hydrogens (primary N) is 1. The average molecular weight is 315 g/mol. The van der Waals surface area contributed by atoms with E-state index in [2.05, 4.69) is 30.9 Å². The summed E-state index contributed by atoms with van der Waals surface area (Å²) < 4.78 is 6.35. The summed E-state index contributed by atoms with van der Waals surface area (Å²) >= 11 is 4.96. The molecule has 0 aliphatic heterocycles. The summed E-state index contributed by atoms with van der Waals surface area (Å²) in [6, 6.07) is 2.19. The van der Waals surface area contributed by atoms with Crippen LogP contribution in [0.25, 0.3) is 10.7 Å². The molecule has 7 heteroatoms. The Morgan fingerprint density at radius 2 is 2.12 bits per heavy atom. The lowest BCUT2D eigenvalue weighted by Gasteiger charge is -2.08. The minimum Gasteiger partial charge on any atom is -0.461 e. The van der Waals surface area contributed by atoms with E-state index in [0.717, 1.165) is 9.35 Å². The van der Waals surface area contributed by atoms with Gasteiger partial charge < -0.3 is 10.5 Å². The highest BCUT2D eigenvalue weighted by Crippen LogP contribution is 2.31. The Bertz CT molecular complexity index is 529. The molecule has 5 nitrogen and oxygen atoms in total. The lowest BCUT2D eigenvalue weighted by Crippen LogP contribution is -2.10. The van der Waals surface area contributed by atoms with Crippen molar-refractivity contribution in [3.63, 3.8) is 0 Å². The second-order valence-electron chi connectivity index (χ2n) is 3.56. The number of thiophene rings is 1. The van der Waals surface area contributed by atoms with Crippen LogP contribution in [0.4, 0.5) is 5.95 Å². The Morgan fingerprint density at radius 1 is 1.35 bits per heavy atom. The van der Waals surface area contributed by atoms with Crippen LogP contribution in [-0.4, -0.2) is 21.1 Å². The van der Waals surface area contributed by atoms with E-state index < -0.39 is 0 Å². The van der Waals surface area contributed by atoms with Gasteiger partial charge in [0.15, 0.2) is 5.82 Å². The van der Waals surface area contributed by atoms with E-state index in [1.54, 1.807) is 0 Å². The summed E-state index contributed by atoms with van der Waals surface area (Å²) in [7, 11) is 0. The van der Waals surface area contributed by atoms with E-state index in [-0.39, 0.29) is 18.1 Å². The van der Waals surface area contributed by atoms with Crippen LogP contribution in [0, 0.1) is 0 Å². The molecule has 0 radical (unpaired) electrons. The third-order valence-corrected chi connectivity index (χ3v) is 3.63. The van der Waals surface area contributed by atoms with Gasteiger partial charge in [0.2, 0.25) is 5.95 Å². The summed E-state index contributed by atoms with van der Waals surface area (Å²) in [5, 5.41) is 1.95. The number of halogens is 1. The topological polar surface area (TPSA) is 73.9 Å². The average Bonchev–Trinajstić information content (AvgIpc) is 2.62. The van der Waals surface area contributed by atoms with Gasteiger partial charge in [-0.3, -0.25) is 0 Å². The molecule has 0 saturated carbocycles. The Kier molecular flexibility index (Phi) is 3.58. The molecule has 17 heavy (non-hydrogen) atoms. The lowest BCUT2D eigenvalue weighted by atomic mass is 10.4. The molecular formula is C10H11BrN4OS. The van der Waals surface area contributed by atoms with Crippen LogP contribution in [-0.2, 0) is 0 Å². The fraction of sp³-hybridized carbons (Fsp3) is 0.300. The molecule has 0 aromatic carbocycles. The van der Waals surface area contributed by atoms with E-state index in [4.69, 9.17) is 10.5 Å². The molecule has 2 rings (SSSR count). The van der Waals surface area contributed by atoms with Crippen molar-refractivity contribution in [2.24, 2.45) is 0 Å². The third kappa shape index (κ3) is 2.92. The summed E-state index contributed by atoms with van der Waals surface area (Å²) in [6.45, 7) is 3.81. The van der Waals surface area contributed by atoms with Gasteiger partial charge in [-0.25, -0.2) is 0 Å². The highest BCUT2D eigenvalue weighted by atomic mass is 79.9. The van der Waals surface area contributed by atoms with Crippen LogP contribution >= 0.6 is 27.3 Å². The number of ether oxygens (including phenoxy) is 1. The number of rotatable bonds is 3. The zero-order valence-electron chi connectivity index (χ0n) is 9.35. The smallest absolute Gasteiger partial charge is 0.322 e. The zero-order chi connectivity index (χ0) is 12.4. The van der Waals surface area contributed by atoms with E-state index in [0.29, 0.717) is 5.82 Å². The van der Waals surface area contributed by atoms with Crippen LogP contribution in [0.1, 0.15) is 13.8 Å². The van der Waals surface area contributed by atoms with Crippen molar-refractivity contribution in [1.82, 2.24) is 15.0 Å². The predicted octanol–water partition coefficient (Wildman–Crippen LogP) is 2.73.